The molecule has 1 aliphatic heterocycles. The number of halogens is 1. The van der Waals surface area contributed by atoms with Crippen LogP contribution in [-0.4, -0.2) is 54.7 Å². The quantitative estimate of drug-likeness (QED) is 0.772. The van der Waals surface area contributed by atoms with Gasteiger partial charge >= 0.3 is 0 Å². The van der Waals surface area contributed by atoms with Crippen molar-refractivity contribution in [3.05, 3.63) is 16.1 Å². The van der Waals surface area contributed by atoms with E-state index in [0.29, 0.717) is 25.6 Å². The number of ether oxygens (including phenoxy) is 1. The third kappa shape index (κ3) is 4.92. The lowest BCUT2D eigenvalue weighted by atomic mass is 10.2. The summed E-state index contributed by atoms with van der Waals surface area (Å²) in [5, 5.41) is 6.01. The predicted molar refractivity (Wildman–Crippen MR) is 84.9 cm³/mol. The molecule has 1 aliphatic rings. The van der Waals surface area contributed by atoms with Gasteiger partial charge in [-0.25, -0.2) is 4.98 Å². The van der Waals surface area contributed by atoms with Crippen LogP contribution in [-0.2, 0) is 21.8 Å². The normalized spacial score (nSPS) is 19.6. The molecule has 1 aromatic heterocycles. The standard InChI is InChI=1S/C14H22ClN3O2S/c1-2-16-14(19)12-9-20-7-6-18(12)5-3-4-13-17-11(8-15)10-21-13/h10,12H,2-9H2,1H3,(H,16,19). The molecule has 1 amide bonds. The van der Waals surface area contributed by atoms with Crippen LogP contribution in [0.1, 0.15) is 24.0 Å². The average molecular weight is 332 g/mol. The molecule has 1 aromatic rings. The Morgan fingerprint density at radius 2 is 2.52 bits per heavy atom. The minimum absolute atomic E-state index is 0.0656. The second kappa shape index (κ2) is 8.68. The molecule has 1 N–H and O–H groups in total. The highest BCUT2D eigenvalue weighted by atomic mass is 35.5. The Bertz CT molecular complexity index is 455. The van der Waals surface area contributed by atoms with Crippen molar-refractivity contribution in [2.45, 2.75) is 31.7 Å². The first-order valence-electron chi connectivity index (χ1n) is 7.33. The van der Waals surface area contributed by atoms with Crippen molar-refractivity contribution in [2.24, 2.45) is 0 Å². The van der Waals surface area contributed by atoms with E-state index in [9.17, 15) is 4.79 Å². The van der Waals surface area contributed by atoms with Crippen LogP contribution in [0.15, 0.2) is 5.38 Å². The van der Waals surface area contributed by atoms with Crippen LogP contribution in [0.4, 0.5) is 0 Å². The molecule has 5 nitrogen and oxygen atoms in total. The fourth-order valence-corrected chi connectivity index (χ4v) is 3.47. The molecule has 2 rings (SSSR count). The highest BCUT2D eigenvalue weighted by molar-refractivity contribution is 7.09. The summed E-state index contributed by atoms with van der Waals surface area (Å²) >= 11 is 7.42. The zero-order valence-corrected chi connectivity index (χ0v) is 13.9. The van der Waals surface area contributed by atoms with E-state index in [-0.39, 0.29) is 11.9 Å². The van der Waals surface area contributed by atoms with Gasteiger partial charge in [-0.05, 0) is 19.9 Å². The van der Waals surface area contributed by atoms with E-state index < -0.39 is 0 Å². The van der Waals surface area contributed by atoms with Crippen LogP contribution in [0, 0.1) is 0 Å². The zero-order valence-electron chi connectivity index (χ0n) is 12.3. The van der Waals surface area contributed by atoms with Crippen LogP contribution in [0.5, 0.6) is 0 Å². The molecule has 0 aliphatic carbocycles. The highest BCUT2D eigenvalue weighted by Gasteiger charge is 2.28. The summed E-state index contributed by atoms with van der Waals surface area (Å²) in [6.45, 7) is 5.48. The lowest BCUT2D eigenvalue weighted by Crippen LogP contribution is -2.54. The summed E-state index contributed by atoms with van der Waals surface area (Å²) in [7, 11) is 0. The molecular formula is C14H22ClN3O2S. The first kappa shape index (κ1) is 16.7. The number of morpholine rings is 1. The lowest BCUT2D eigenvalue weighted by Gasteiger charge is -2.34. The van der Waals surface area contributed by atoms with Gasteiger partial charge in [-0.3, -0.25) is 9.69 Å². The van der Waals surface area contributed by atoms with Crippen molar-refractivity contribution in [3.63, 3.8) is 0 Å². The third-order valence-electron chi connectivity index (χ3n) is 3.47. The molecule has 118 valence electrons. The number of likely N-dealkylation sites (N-methyl/N-ethyl adjacent to an activating group) is 1. The van der Waals surface area contributed by atoms with Gasteiger partial charge in [0.2, 0.25) is 5.91 Å². The first-order chi connectivity index (χ1) is 10.2. The zero-order chi connectivity index (χ0) is 15.1. The molecule has 2 heterocycles. The fourth-order valence-electron chi connectivity index (χ4n) is 2.40. The summed E-state index contributed by atoms with van der Waals surface area (Å²) in [5.41, 5.74) is 0.947. The fraction of sp³-hybridized carbons (Fsp3) is 0.714. The lowest BCUT2D eigenvalue weighted by molar-refractivity contribution is -0.132. The van der Waals surface area contributed by atoms with Crippen molar-refractivity contribution in [2.75, 3.05) is 32.8 Å². The minimum atomic E-state index is -0.159. The van der Waals surface area contributed by atoms with Crippen molar-refractivity contribution < 1.29 is 9.53 Å². The summed E-state index contributed by atoms with van der Waals surface area (Å²) in [4.78, 5) is 18.7. The third-order valence-corrected chi connectivity index (χ3v) is 4.70. The molecule has 7 heteroatoms. The van der Waals surface area contributed by atoms with Crippen molar-refractivity contribution in [1.82, 2.24) is 15.2 Å². The van der Waals surface area contributed by atoms with Crippen molar-refractivity contribution >= 4 is 28.8 Å². The molecule has 1 atom stereocenters. The number of amides is 1. The number of hydrogen-bond donors (Lipinski definition) is 1. The van der Waals surface area contributed by atoms with Crippen molar-refractivity contribution in [1.29, 1.82) is 0 Å². The van der Waals surface area contributed by atoms with Crippen LogP contribution < -0.4 is 5.32 Å². The average Bonchev–Trinajstić information content (AvgIpc) is 2.96. The number of aromatic nitrogens is 1. The van der Waals surface area contributed by atoms with Gasteiger partial charge in [0.25, 0.3) is 0 Å². The Kier molecular flexibility index (Phi) is 6.89. The van der Waals surface area contributed by atoms with Crippen LogP contribution >= 0.6 is 22.9 Å². The largest absolute Gasteiger partial charge is 0.378 e. The summed E-state index contributed by atoms with van der Waals surface area (Å²) in [5.74, 6) is 0.537. The Morgan fingerprint density at radius 1 is 1.67 bits per heavy atom. The number of hydrogen-bond acceptors (Lipinski definition) is 5. The number of nitrogens with zero attached hydrogens (tertiary/aromatic N) is 2. The highest BCUT2D eigenvalue weighted by Crippen LogP contribution is 2.15. The van der Waals surface area contributed by atoms with Gasteiger partial charge in [0.15, 0.2) is 0 Å². The smallest absolute Gasteiger partial charge is 0.239 e. The number of aryl methyl sites for hydroxylation is 1. The topological polar surface area (TPSA) is 54.5 Å². The van der Waals surface area contributed by atoms with E-state index in [1.807, 2.05) is 12.3 Å². The number of nitrogens with one attached hydrogen (secondary N) is 1. The van der Waals surface area contributed by atoms with E-state index in [4.69, 9.17) is 16.3 Å². The predicted octanol–water partition coefficient (Wildman–Crippen LogP) is 1.65. The van der Waals surface area contributed by atoms with Crippen LogP contribution in [0.3, 0.4) is 0 Å². The van der Waals surface area contributed by atoms with Crippen LogP contribution in [0.25, 0.3) is 0 Å². The molecule has 1 fully saturated rings. The number of alkyl halides is 1. The van der Waals surface area contributed by atoms with E-state index in [2.05, 4.69) is 15.2 Å². The Morgan fingerprint density at radius 3 is 3.24 bits per heavy atom. The van der Waals surface area contributed by atoms with Gasteiger partial charge in [-0.1, -0.05) is 0 Å². The molecule has 0 bridgehead atoms. The van der Waals surface area contributed by atoms with E-state index in [1.165, 1.54) is 0 Å². The number of carbonyl (C=O) groups is 1. The molecular weight excluding hydrogens is 310 g/mol. The van der Waals surface area contributed by atoms with Gasteiger partial charge in [-0.15, -0.1) is 22.9 Å². The second-order valence-corrected chi connectivity index (χ2v) is 6.20. The monoisotopic (exact) mass is 331 g/mol. The number of thiazole rings is 1. The van der Waals surface area contributed by atoms with E-state index in [1.54, 1.807) is 11.3 Å². The van der Waals surface area contributed by atoms with Gasteiger partial charge in [0.1, 0.15) is 6.04 Å². The second-order valence-electron chi connectivity index (χ2n) is 4.99. The van der Waals surface area contributed by atoms with Gasteiger partial charge < -0.3 is 10.1 Å². The molecule has 0 spiro atoms. The van der Waals surface area contributed by atoms with Gasteiger partial charge in [-0.2, -0.15) is 0 Å². The SMILES string of the molecule is CCNC(=O)C1COCCN1CCCc1nc(CCl)cs1. The van der Waals surface area contributed by atoms with E-state index in [0.717, 1.165) is 36.6 Å². The Labute approximate surface area is 134 Å². The summed E-state index contributed by atoms with van der Waals surface area (Å²) in [6.07, 6.45) is 1.92. The van der Waals surface area contributed by atoms with Crippen molar-refractivity contribution in [3.8, 4) is 0 Å². The summed E-state index contributed by atoms with van der Waals surface area (Å²) < 4.78 is 5.43. The Balaban J connectivity index is 1.80. The Hall–Kier alpha value is -0.690. The molecule has 0 radical (unpaired) electrons. The molecule has 0 aromatic carbocycles. The molecule has 0 saturated carbocycles. The number of rotatable bonds is 7. The van der Waals surface area contributed by atoms with Crippen LogP contribution in [0.2, 0.25) is 0 Å². The molecule has 1 saturated heterocycles. The molecule has 1 unspecified atom stereocenters. The minimum Gasteiger partial charge on any atom is -0.378 e. The summed E-state index contributed by atoms with van der Waals surface area (Å²) in [6, 6.07) is -0.159. The van der Waals surface area contributed by atoms with Gasteiger partial charge in [0.05, 0.1) is 29.8 Å². The maximum absolute atomic E-state index is 12.0. The maximum atomic E-state index is 12.0. The number of carbonyl (C=O) groups excluding carboxylic acids is 1. The molecule has 21 heavy (non-hydrogen) atoms. The first-order valence-corrected chi connectivity index (χ1v) is 8.74. The van der Waals surface area contributed by atoms with Gasteiger partial charge in [0, 0.05) is 24.9 Å². The maximum Gasteiger partial charge on any atom is 0.239 e. The van der Waals surface area contributed by atoms with E-state index >= 15 is 0 Å².